The van der Waals surface area contributed by atoms with E-state index in [0.717, 1.165) is 75.1 Å². The molecule has 4 rings (SSSR count). The van der Waals surface area contributed by atoms with Crippen LogP contribution in [0.4, 0.5) is 37.7 Å². The average Bonchev–Trinajstić information content (AvgIpc) is 2.89. The molecule has 0 radical (unpaired) electrons. The van der Waals surface area contributed by atoms with Crippen LogP contribution in [-0.4, -0.2) is 48.5 Å². The number of rotatable bonds is 8. The molecule has 2 aromatic rings. The van der Waals surface area contributed by atoms with Crippen LogP contribution >= 0.6 is 11.8 Å². The van der Waals surface area contributed by atoms with Crippen LogP contribution in [-0.2, 0) is 11.0 Å². The van der Waals surface area contributed by atoms with Crippen molar-refractivity contribution in [3.63, 3.8) is 0 Å². The summed E-state index contributed by atoms with van der Waals surface area (Å²) >= 11 is -0.131. The third-order valence-corrected chi connectivity index (χ3v) is 8.22. The molecule has 0 spiro atoms. The van der Waals surface area contributed by atoms with E-state index in [-0.39, 0.29) is 28.6 Å². The molecule has 214 valence electrons. The van der Waals surface area contributed by atoms with E-state index >= 15 is 0 Å². The van der Waals surface area contributed by atoms with E-state index in [0.29, 0.717) is 25.4 Å². The number of amides is 1. The number of hydrogen-bond acceptors (Lipinski definition) is 4. The second-order valence-electron chi connectivity index (χ2n) is 10.2. The highest BCUT2D eigenvalue weighted by Crippen LogP contribution is 2.37. The first-order valence-electron chi connectivity index (χ1n) is 13.3. The Bertz CT molecular complexity index is 1060. The van der Waals surface area contributed by atoms with Gasteiger partial charge in [-0.15, -0.1) is 0 Å². The van der Waals surface area contributed by atoms with Crippen LogP contribution in [0.15, 0.2) is 53.4 Å². The molecule has 0 atom stereocenters. The lowest BCUT2D eigenvalue weighted by molar-refractivity contribution is -0.137. The number of alkyl halides is 6. The van der Waals surface area contributed by atoms with Gasteiger partial charge in [0.1, 0.15) is 0 Å². The van der Waals surface area contributed by atoms with Gasteiger partial charge in [-0.25, -0.2) is 0 Å². The summed E-state index contributed by atoms with van der Waals surface area (Å²) in [6.45, 7) is 2.91. The van der Waals surface area contributed by atoms with E-state index < -0.39 is 17.2 Å². The van der Waals surface area contributed by atoms with Gasteiger partial charge >= 0.3 is 11.7 Å². The maximum Gasteiger partial charge on any atom is 0.446 e. The van der Waals surface area contributed by atoms with E-state index in [2.05, 4.69) is 10.2 Å². The Labute approximate surface area is 229 Å². The van der Waals surface area contributed by atoms with Crippen molar-refractivity contribution in [2.45, 2.75) is 67.6 Å². The van der Waals surface area contributed by atoms with Crippen LogP contribution in [0.25, 0.3) is 0 Å². The van der Waals surface area contributed by atoms with Gasteiger partial charge in [-0.1, -0.05) is 0 Å². The number of hydrogen-bond donors (Lipinski definition) is 1. The molecule has 2 saturated heterocycles. The van der Waals surface area contributed by atoms with Crippen molar-refractivity contribution in [1.82, 2.24) is 4.90 Å². The minimum Gasteiger partial charge on any atom is -0.382 e. The Morgan fingerprint density at radius 2 is 1.46 bits per heavy atom. The molecular weight excluding hydrogens is 540 g/mol. The number of nitrogens with zero attached hydrogens (tertiary/aromatic N) is 2. The zero-order chi connectivity index (χ0) is 28.0. The SMILES string of the molecule is O=C(CCCC1CCN(c2ccc(C(F)(F)F)cc2)CC1)N1CCC(Nc2ccc(SC(F)(F)F)cc2)CC1. The molecule has 0 aliphatic carbocycles. The second kappa shape index (κ2) is 12.7. The van der Waals surface area contributed by atoms with Gasteiger partial charge in [0, 0.05) is 54.9 Å². The Morgan fingerprint density at radius 3 is 2.03 bits per heavy atom. The monoisotopic (exact) mass is 573 g/mol. The number of halogens is 6. The molecule has 2 aliphatic heterocycles. The predicted molar refractivity (Wildman–Crippen MR) is 142 cm³/mol. The standard InChI is InChI=1S/C28H33F6N3OS/c29-27(30,31)21-4-8-24(9-5-21)36-16-12-20(13-17-36)2-1-3-26(38)37-18-14-23(15-19-37)35-22-6-10-25(11-7-22)39-28(32,33)34/h4-11,20,23,35H,1-3,12-19H2. The fourth-order valence-corrected chi connectivity index (χ4v) is 5.84. The fourth-order valence-electron chi connectivity index (χ4n) is 5.30. The average molecular weight is 574 g/mol. The van der Waals surface area contributed by atoms with Gasteiger partial charge in [-0.05, 0) is 105 Å². The van der Waals surface area contributed by atoms with Gasteiger partial charge in [-0.2, -0.15) is 26.3 Å². The van der Waals surface area contributed by atoms with Crippen LogP contribution < -0.4 is 10.2 Å². The van der Waals surface area contributed by atoms with Crippen molar-refractivity contribution in [3.8, 4) is 0 Å². The Kier molecular flexibility index (Phi) is 9.61. The molecule has 2 heterocycles. The van der Waals surface area contributed by atoms with Gasteiger partial charge < -0.3 is 15.1 Å². The van der Waals surface area contributed by atoms with Gasteiger partial charge in [0.15, 0.2) is 0 Å². The van der Waals surface area contributed by atoms with Gasteiger partial charge in [0.25, 0.3) is 0 Å². The van der Waals surface area contributed by atoms with Gasteiger partial charge in [0.2, 0.25) is 5.91 Å². The number of thioether (sulfide) groups is 1. The summed E-state index contributed by atoms with van der Waals surface area (Å²) in [6, 6.07) is 11.7. The zero-order valence-electron chi connectivity index (χ0n) is 21.5. The number of nitrogens with one attached hydrogen (secondary N) is 1. The summed E-state index contributed by atoms with van der Waals surface area (Å²) in [5, 5.41) is 3.36. The number of likely N-dealkylation sites (tertiary alicyclic amines) is 1. The van der Waals surface area contributed by atoms with E-state index in [1.54, 1.807) is 12.1 Å². The van der Waals surface area contributed by atoms with Crippen LogP contribution in [0.2, 0.25) is 0 Å². The molecule has 0 aromatic heterocycles. The van der Waals surface area contributed by atoms with Crippen LogP contribution in [0.5, 0.6) is 0 Å². The lowest BCUT2D eigenvalue weighted by Gasteiger charge is -2.34. The summed E-state index contributed by atoms with van der Waals surface area (Å²) in [4.78, 5) is 16.9. The number of carbonyl (C=O) groups is 1. The van der Waals surface area contributed by atoms with E-state index in [1.165, 1.54) is 24.3 Å². The first kappa shape index (κ1) is 29.4. The van der Waals surface area contributed by atoms with Crippen molar-refractivity contribution in [1.29, 1.82) is 0 Å². The molecule has 4 nitrogen and oxygen atoms in total. The number of piperidine rings is 2. The molecule has 2 fully saturated rings. The molecule has 2 aliphatic rings. The molecule has 2 aromatic carbocycles. The smallest absolute Gasteiger partial charge is 0.382 e. The molecule has 1 amide bonds. The highest BCUT2D eigenvalue weighted by atomic mass is 32.2. The van der Waals surface area contributed by atoms with Crippen LogP contribution in [0.1, 0.15) is 50.5 Å². The highest BCUT2D eigenvalue weighted by Gasteiger charge is 2.31. The van der Waals surface area contributed by atoms with E-state index in [1.807, 2.05) is 4.90 Å². The normalized spacial score (nSPS) is 17.9. The van der Waals surface area contributed by atoms with Crippen LogP contribution in [0.3, 0.4) is 0 Å². The molecule has 1 N–H and O–H groups in total. The van der Waals surface area contributed by atoms with Crippen molar-refractivity contribution >= 4 is 29.0 Å². The first-order valence-corrected chi connectivity index (χ1v) is 14.1. The summed E-state index contributed by atoms with van der Waals surface area (Å²) in [7, 11) is 0. The number of anilines is 2. The summed E-state index contributed by atoms with van der Waals surface area (Å²) in [5.41, 5.74) is -3.35. The lowest BCUT2D eigenvalue weighted by atomic mass is 9.91. The largest absolute Gasteiger partial charge is 0.446 e. The summed E-state index contributed by atoms with van der Waals surface area (Å²) in [6.07, 6.45) is 1.46. The maximum atomic E-state index is 12.8. The molecule has 0 unspecified atom stereocenters. The van der Waals surface area contributed by atoms with Crippen molar-refractivity contribution in [3.05, 3.63) is 54.1 Å². The third-order valence-electron chi connectivity index (χ3n) is 7.48. The van der Waals surface area contributed by atoms with E-state index in [4.69, 9.17) is 0 Å². The molecular formula is C28H33F6N3OS. The fraction of sp³-hybridized carbons (Fsp3) is 0.536. The predicted octanol–water partition coefficient (Wildman–Crippen LogP) is 7.81. The molecule has 39 heavy (non-hydrogen) atoms. The maximum absolute atomic E-state index is 12.8. The summed E-state index contributed by atoms with van der Waals surface area (Å²) in [5.74, 6) is 0.670. The Balaban J connectivity index is 1.11. The minimum absolute atomic E-state index is 0.131. The quantitative estimate of drug-likeness (QED) is 0.258. The zero-order valence-corrected chi connectivity index (χ0v) is 22.3. The molecule has 11 heteroatoms. The Morgan fingerprint density at radius 1 is 0.846 bits per heavy atom. The highest BCUT2D eigenvalue weighted by molar-refractivity contribution is 8.00. The first-order chi connectivity index (χ1) is 18.5. The number of carbonyl (C=O) groups excluding carboxylic acids is 1. The van der Waals surface area contributed by atoms with Crippen molar-refractivity contribution in [2.24, 2.45) is 5.92 Å². The van der Waals surface area contributed by atoms with E-state index in [9.17, 15) is 31.1 Å². The third kappa shape index (κ3) is 8.98. The van der Waals surface area contributed by atoms with Gasteiger partial charge in [-0.3, -0.25) is 4.79 Å². The van der Waals surface area contributed by atoms with Crippen LogP contribution in [0, 0.1) is 5.92 Å². The molecule has 0 saturated carbocycles. The lowest BCUT2D eigenvalue weighted by Crippen LogP contribution is -2.42. The van der Waals surface area contributed by atoms with Crippen molar-refractivity contribution in [2.75, 3.05) is 36.4 Å². The number of benzene rings is 2. The Hall–Kier alpha value is -2.56. The topological polar surface area (TPSA) is 35.6 Å². The van der Waals surface area contributed by atoms with Gasteiger partial charge in [0.05, 0.1) is 5.56 Å². The summed E-state index contributed by atoms with van der Waals surface area (Å²) < 4.78 is 75.8. The minimum atomic E-state index is -4.33. The van der Waals surface area contributed by atoms with Crippen molar-refractivity contribution < 1.29 is 31.1 Å². The second-order valence-corrected chi connectivity index (χ2v) is 11.4. The molecule has 0 bridgehead atoms.